The molecule has 3 saturated carbocycles. The van der Waals surface area contributed by atoms with Crippen molar-refractivity contribution >= 4 is 46.9 Å². The summed E-state index contributed by atoms with van der Waals surface area (Å²) in [6.07, 6.45) is 12.3. The Bertz CT molecular complexity index is 2190. The van der Waals surface area contributed by atoms with Crippen LogP contribution in [0.2, 0.25) is 0 Å². The fraction of sp³-hybridized carbons (Fsp3) is 0.679. The molecule has 0 radical (unpaired) electrons. The highest BCUT2D eigenvalue weighted by molar-refractivity contribution is 6.07. The van der Waals surface area contributed by atoms with Gasteiger partial charge in [-0.15, -0.1) is 0 Å². The van der Waals surface area contributed by atoms with Gasteiger partial charge in [0.05, 0.1) is 50.7 Å². The zero-order valence-electron chi connectivity index (χ0n) is 41.6. The van der Waals surface area contributed by atoms with Gasteiger partial charge in [0, 0.05) is 50.6 Å². The van der Waals surface area contributed by atoms with Crippen LogP contribution in [0.4, 0.5) is 5.82 Å². The van der Waals surface area contributed by atoms with Gasteiger partial charge in [-0.3, -0.25) is 28.8 Å². The minimum atomic E-state index is -0.797. The van der Waals surface area contributed by atoms with Gasteiger partial charge >= 0.3 is 5.97 Å². The van der Waals surface area contributed by atoms with E-state index in [1.54, 1.807) is 9.80 Å². The molecule has 16 nitrogen and oxygen atoms in total. The van der Waals surface area contributed by atoms with Crippen molar-refractivity contribution in [2.24, 2.45) is 29.1 Å². The van der Waals surface area contributed by atoms with Gasteiger partial charge in [0.2, 0.25) is 5.91 Å². The first kappa shape index (κ1) is 51.8. The highest BCUT2D eigenvalue weighted by Crippen LogP contribution is 2.45. The predicted molar refractivity (Wildman–Crippen MR) is 257 cm³/mol. The van der Waals surface area contributed by atoms with Gasteiger partial charge in [-0.25, -0.2) is 14.8 Å². The second-order valence-electron chi connectivity index (χ2n) is 21.9. The minimum Gasteiger partial charge on any atom is -0.458 e. The number of rotatable bonds is 20. The van der Waals surface area contributed by atoms with Crippen molar-refractivity contribution in [1.82, 2.24) is 25.1 Å². The quantitative estimate of drug-likeness (QED) is 0.0831. The van der Waals surface area contributed by atoms with E-state index in [-0.39, 0.29) is 71.4 Å². The first-order valence-corrected chi connectivity index (χ1v) is 25.4. The number of carbonyl (C=O) groups excluding carboxylic acids is 7. The third kappa shape index (κ3) is 13.0. The maximum atomic E-state index is 14.6. The summed E-state index contributed by atoms with van der Waals surface area (Å²) < 4.78 is 17.4. The number of nitrogens with zero attached hydrogens (tertiary/aromatic N) is 4. The number of ketones is 3. The van der Waals surface area contributed by atoms with Crippen LogP contribution in [0, 0.1) is 29.1 Å². The standard InChI is InChI=1S/C53H74N6O10/c1-52(2,3)40(50(65)59-31-35-16-11-18-37(35)47(59)51(66)69-53(4,5)6)28-44(62)46(34-13-8-7-9-14-34)57-48(63)41-29-56-45(30-55-41)54-22-24-68-26-25-67-23-12-17-33-15-10-19-38-39(33)32-58(49(38)64)42-21-20-36(60)27-43(42)61/h10,15,19,29-30,34-35,37,40,42,46-47H,7-9,11-14,16-18,20-28,31-32H2,1-6H3,(H,54,56)(H,57,63)/t35-,37-,40+,42?,46-,47-/m0/s1. The summed E-state index contributed by atoms with van der Waals surface area (Å²) in [6.45, 7) is 14.4. The SMILES string of the molecule is CC(C)(C)OC(=O)[C@@H]1[C@H]2CCC[C@H]2CN1C(=O)[C@@H](CC(=O)[C@@H](NC(=O)c1cnc(NCCOCCOCCCc2cccc3c2CN(C2CCC(=O)CC2=O)C3=O)cn1)C1CCCCC1)C(C)(C)C. The number of nitrogens with one attached hydrogen (secondary N) is 2. The van der Waals surface area contributed by atoms with Crippen molar-refractivity contribution < 1.29 is 47.8 Å². The van der Waals surface area contributed by atoms with E-state index in [1.165, 1.54) is 12.4 Å². The third-order valence-electron chi connectivity index (χ3n) is 14.8. The maximum Gasteiger partial charge on any atom is 0.329 e. The molecule has 6 atom stereocenters. The fourth-order valence-corrected chi connectivity index (χ4v) is 11.2. The number of esters is 1. The van der Waals surface area contributed by atoms with Crippen LogP contribution in [0.25, 0.3) is 0 Å². The van der Waals surface area contributed by atoms with Gasteiger partial charge in [0.1, 0.15) is 28.9 Å². The Hall–Kier alpha value is -5.09. The average molecular weight is 955 g/mol. The second kappa shape index (κ2) is 22.8. The van der Waals surface area contributed by atoms with Crippen LogP contribution in [0.3, 0.4) is 0 Å². The van der Waals surface area contributed by atoms with E-state index in [1.807, 2.05) is 59.7 Å². The first-order chi connectivity index (χ1) is 32.9. The summed E-state index contributed by atoms with van der Waals surface area (Å²) in [5, 5.41) is 6.17. The molecule has 1 unspecified atom stereocenters. The summed E-state index contributed by atoms with van der Waals surface area (Å²) in [5.74, 6) is -1.68. The predicted octanol–water partition coefficient (Wildman–Crippen LogP) is 6.47. The molecule has 1 aromatic heterocycles. The molecule has 2 aliphatic heterocycles. The van der Waals surface area contributed by atoms with E-state index in [2.05, 4.69) is 20.6 Å². The summed E-state index contributed by atoms with van der Waals surface area (Å²) in [4.78, 5) is 106. The van der Waals surface area contributed by atoms with Crippen LogP contribution < -0.4 is 10.6 Å². The molecule has 69 heavy (non-hydrogen) atoms. The lowest BCUT2D eigenvalue weighted by molar-refractivity contribution is -0.166. The number of ether oxygens (including phenoxy) is 3. The molecule has 3 amide bonds. The zero-order chi connectivity index (χ0) is 49.5. The number of hydrogen-bond donors (Lipinski definition) is 2. The van der Waals surface area contributed by atoms with E-state index in [0.29, 0.717) is 70.3 Å². The molecule has 3 heterocycles. The maximum absolute atomic E-state index is 14.6. The van der Waals surface area contributed by atoms with Gasteiger partial charge in [-0.05, 0) is 106 Å². The molecule has 0 spiro atoms. The Balaban J connectivity index is 0.845. The Kier molecular flexibility index (Phi) is 17.1. The number of likely N-dealkylation sites (tertiary alicyclic amines) is 1. The van der Waals surface area contributed by atoms with E-state index < -0.39 is 41.0 Å². The molecule has 1 aromatic carbocycles. The molecule has 1 saturated heterocycles. The zero-order valence-corrected chi connectivity index (χ0v) is 41.6. The Morgan fingerprint density at radius 1 is 0.855 bits per heavy atom. The van der Waals surface area contributed by atoms with Gasteiger partial charge in [-0.1, -0.05) is 58.6 Å². The molecule has 4 fully saturated rings. The van der Waals surface area contributed by atoms with E-state index >= 15 is 0 Å². The summed E-state index contributed by atoms with van der Waals surface area (Å²) >= 11 is 0. The number of amides is 3. The van der Waals surface area contributed by atoms with E-state index in [4.69, 9.17) is 14.2 Å². The summed E-state index contributed by atoms with van der Waals surface area (Å²) in [6, 6.07) is 3.69. The average Bonchev–Trinajstić information content (AvgIpc) is 4.01. The van der Waals surface area contributed by atoms with Gasteiger partial charge in [0.15, 0.2) is 11.6 Å². The Labute approximate surface area is 407 Å². The number of benzene rings is 1. The van der Waals surface area contributed by atoms with Gasteiger partial charge in [-0.2, -0.15) is 0 Å². The molecule has 3 aliphatic carbocycles. The monoisotopic (exact) mass is 955 g/mol. The van der Waals surface area contributed by atoms with E-state index in [9.17, 15) is 33.6 Å². The molecule has 2 aromatic rings. The molecule has 5 aliphatic rings. The second-order valence-corrected chi connectivity index (χ2v) is 21.9. The van der Waals surface area contributed by atoms with Crippen molar-refractivity contribution in [1.29, 1.82) is 0 Å². The summed E-state index contributed by atoms with van der Waals surface area (Å²) in [7, 11) is 0. The molecule has 0 bridgehead atoms. The van der Waals surface area contributed by atoms with Crippen LogP contribution in [-0.2, 0) is 51.1 Å². The highest BCUT2D eigenvalue weighted by Gasteiger charge is 2.53. The largest absolute Gasteiger partial charge is 0.458 e. The van der Waals surface area contributed by atoms with Gasteiger partial charge < -0.3 is 34.6 Å². The van der Waals surface area contributed by atoms with E-state index in [0.717, 1.165) is 75.3 Å². The smallest absolute Gasteiger partial charge is 0.329 e. The normalized spacial score (nSPS) is 22.8. The molecular formula is C53H74N6O10. The number of aryl methyl sites for hydroxylation is 1. The van der Waals surface area contributed by atoms with Crippen molar-refractivity contribution in [2.75, 3.05) is 44.8 Å². The summed E-state index contributed by atoms with van der Waals surface area (Å²) in [5.41, 5.74) is 1.44. The Morgan fingerprint density at radius 3 is 2.30 bits per heavy atom. The lowest BCUT2D eigenvalue weighted by Crippen LogP contribution is -2.52. The molecule has 7 rings (SSSR count). The topological polar surface area (TPSA) is 204 Å². The molecular weight excluding hydrogens is 881 g/mol. The van der Waals surface area contributed by atoms with Crippen LogP contribution in [0.1, 0.15) is 157 Å². The van der Waals surface area contributed by atoms with Gasteiger partial charge in [0.25, 0.3) is 11.8 Å². The van der Waals surface area contributed by atoms with Crippen LogP contribution in [-0.4, -0.2) is 124 Å². The number of carbonyl (C=O) groups is 7. The van der Waals surface area contributed by atoms with Crippen LogP contribution in [0.15, 0.2) is 30.6 Å². The molecule has 2 N–H and O–H groups in total. The van der Waals surface area contributed by atoms with Crippen LogP contribution >= 0.6 is 0 Å². The third-order valence-corrected chi connectivity index (χ3v) is 14.8. The lowest BCUT2D eigenvalue weighted by atomic mass is 9.74. The molecule has 376 valence electrons. The van der Waals surface area contributed by atoms with Crippen molar-refractivity contribution in [3.8, 4) is 0 Å². The number of aromatic nitrogens is 2. The lowest BCUT2D eigenvalue weighted by Gasteiger charge is -2.37. The number of Topliss-reactive ketones (excluding diaryl/α,β-unsaturated/α-hetero) is 3. The van der Waals surface area contributed by atoms with Crippen molar-refractivity contribution in [3.05, 3.63) is 53.0 Å². The van der Waals surface area contributed by atoms with Crippen molar-refractivity contribution in [3.63, 3.8) is 0 Å². The first-order valence-electron chi connectivity index (χ1n) is 25.4. The number of anilines is 1. The number of fused-ring (bicyclic) bond motifs is 2. The molecule has 16 heteroatoms. The minimum absolute atomic E-state index is 0.0463. The highest BCUT2D eigenvalue weighted by atomic mass is 16.6. The number of hydrogen-bond acceptors (Lipinski definition) is 13. The van der Waals surface area contributed by atoms with Crippen molar-refractivity contribution in [2.45, 2.75) is 162 Å². The Morgan fingerprint density at radius 2 is 1.61 bits per heavy atom. The fourth-order valence-electron chi connectivity index (χ4n) is 11.2. The van der Waals surface area contributed by atoms with Crippen LogP contribution in [0.5, 0.6) is 0 Å².